The molecule has 5 heteroatoms. The first kappa shape index (κ1) is 19.6. The Morgan fingerprint density at radius 1 is 1.28 bits per heavy atom. The molecule has 150 valence electrons. The van der Waals surface area contributed by atoms with Crippen LogP contribution in [0.1, 0.15) is 58.1 Å². The summed E-state index contributed by atoms with van der Waals surface area (Å²) in [5.74, 6) is 0.0817. The number of Topliss-reactive ketones (excluding diaryl/α,β-unsaturated/α-hetero) is 1. The number of nitrogens with zero attached hydrogens (tertiary/aromatic N) is 2. The fourth-order valence-electron chi connectivity index (χ4n) is 5.03. The number of dihydropyridines is 1. The quantitative estimate of drug-likeness (QED) is 0.793. The molecule has 1 aromatic carbocycles. The predicted octanol–water partition coefficient (Wildman–Crippen LogP) is 4.72. The highest BCUT2D eigenvalue weighted by Gasteiger charge is 2.51. The average molecular weight is 391 g/mol. The molecule has 0 saturated carbocycles. The molecule has 1 N–H and O–H groups in total. The summed E-state index contributed by atoms with van der Waals surface area (Å²) in [6.45, 7) is 8.42. The highest BCUT2D eigenvalue weighted by Crippen LogP contribution is 2.52. The molecule has 4 nitrogen and oxygen atoms in total. The zero-order valence-corrected chi connectivity index (χ0v) is 17.4. The van der Waals surface area contributed by atoms with Gasteiger partial charge in [0.1, 0.15) is 11.7 Å². The van der Waals surface area contributed by atoms with Crippen molar-refractivity contribution in [3.63, 3.8) is 0 Å². The van der Waals surface area contributed by atoms with Gasteiger partial charge in [-0.1, -0.05) is 32.9 Å². The van der Waals surface area contributed by atoms with Gasteiger partial charge in [0.2, 0.25) is 0 Å². The Hall–Kier alpha value is -2.74. The lowest BCUT2D eigenvalue weighted by molar-refractivity contribution is -0.118. The molecule has 0 amide bonds. The van der Waals surface area contributed by atoms with Crippen molar-refractivity contribution in [3.05, 3.63) is 58.1 Å². The normalized spacial score (nSPS) is 28.2. The average Bonchev–Trinajstić information content (AvgIpc) is 2.66. The number of halogens is 1. The van der Waals surface area contributed by atoms with Crippen LogP contribution in [-0.2, 0) is 10.2 Å². The third-order valence-corrected chi connectivity index (χ3v) is 6.51. The van der Waals surface area contributed by atoms with E-state index in [0.29, 0.717) is 48.4 Å². The van der Waals surface area contributed by atoms with Crippen molar-refractivity contribution in [1.82, 2.24) is 5.32 Å². The lowest BCUT2D eigenvalue weighted by Crippen LogP contribution is -2.51. The van der Waals surface area contributed by atoms with E-state index in [1.54, 1.807) is 18.2 Å². The van der Waals surface area contributed by atoms with Crippen molar-refractivity contribution < 1.29 is 9.18 Å². The number of aliphatic imine (C=N–C) groups is 1. The largest absolute Gasteiger partial charge is 0.343 e. The summed E-state index contributed by atoms with van der Waals surface area (Å²) in [7, 11) is 0. The Bertz CT molecular complexity index is 1040. The van der Waals surface area contributed by atoms with Crippen LogP contribution in [-0.4, -0.2) is 18.2 Å². The maximum absolute atomic E-state index is 15.7. The molecule has 0 fully saturated rings. The third-order valence-electron chi connectivity index (χ3n) is 6.51. The molecule has 29 heavy (non-hydrogen) atoms. The number of allylic oxidation sites excluding steroid dienone is 2. The van der Waals surface area contributed by atoms with Gasteiger partial charge in [-0.3, -0.25) is 9.79 Å². The van der Waals surface area contributed by atoms with Crippen LogP contribution in [0, 0.1) is 22.7 Å². The minimum atomic E-state index is -0.974. The molecule has 2 aliphatic heterocycles. The summed E-state index contributed by atoms with van der Waals surface area (Å²) in [6.07, 6.45) is 1.76. The van der Waals surface area contributed by atoms with Gasteiger partial charge in [-0.2, -0.15) is 5.26 Å². The van der Waals surface area contributed by atoms with E-state index in [-0.39, 0.29) is 22.9 Å². The van der Waals surface area contributed by atoms with E-state index in [9.17, 15) is 10.1 Å². The Labute approximate surface area is 171 Å². The molecule has 2 atom stereocenters. The first-order valence-corrected chi connectivity index (χ1v) is 10.2. The van der Waals surface area contributed by atoms with Crippen molar-refractivity contribution in [1.29, 1.82) is 5.26 Å². The van der Waals surface area contributed by atoms with Crippen molar-refractivity contribution >= 4 is 11.6 Å². The Kier molecular flexibility index (Phi) is 4.49. The number of carbonyl (C=O) groups is 1. The molecule has 0 spiro atoms. The van der Waals surface area contributed by atoms with Crippen LogP contribution in [0.2, 0.25) is 0 Å². The lowest BCUT2D eigenvalue weighted by atomic mass is 9.60. The molecule has 2 unspecified atom stereocenters. The number of carbonyl (C=O) groups excluding carboxylic acids is 1. The number of hydrogen-bond donors (Lipinski definition) is 1. The molecular weight excluding hydrogens is 365 g/mol. The number of hydrogen-bond acceptors (Lipinski definition) is 4. The molecule has 1 aromatic rings. The van der Waals surface area contributed by atoms with Gasteiger partial charge in [0.05, 0.1) is 23.6 Å². The second-order valence-corrected chi connectivity index (χ2v) is 9.25. The van der Waals surface area contributed by atoms with Gasteiger partial charge in [0.15, 0.2) is 5.78 Å². The first-order chi connectivity index (χ1) is 13.7. The van der Waals surface area contributed by atoms with E-state index in [2.05, 4.69) is 30.2 Å². The minimum Gasteiger partial charge on any atom is -0.343 e. The standard InChI is InChI=1S/C24H26FN3O/c1-5-15-13-27-22-20(21(15)25)24(4,16-8-6-7-14(9-16)12-26)19-17(28-22)10-23(2,3)11-18(19)29/h6-9,15H,5,10-11,13H2,1-4H3,(H,27,28). The number of fused-ring (bicyclic) bond motifs is 1. The maximum Gasteiger partial charge on any atom is 0.162 e. The number of nitriles is 1. The SMILES string of the molecule is CCC1CN=C2NC3=C(C(=O)CC(C)(C)C3)C(C)(c3cccc(C#N)c3)C2=C1F. The Morgan fingerprint density at radius 2 is 2.03 bits per heavy atom. The Balaban J connectivity index is 2.04. The number of rotatable bonds is 2. The number of nitrogens with one attached hydrogen (secondary N) is 1. The monoisotopic (exact) mass is 391 g/mol. The van der Waals surface area contributed by atoms with E-state index < -0.39 is 5.41 Å². The van der Waals surface area contributed by atoms with Crippen LogP contribution in [0.25, 0.3) is 0 Å². The second-order valence-electron chi connectivity index (χ2n) is 9.25. The van der Waals surface area contributed by atoms with Crippen molar-refractivity contribution in [2.45, 2.75) is 52.4 Å². The zero-order valence-electron chi connectivity index (χ0n) is 17.4. The van der Waals surface area contributed by atoms with Gasteiger partial charge in [-0.15, -0.1) is 0 Å². The zero-order chi connectivity index (χ0) is 21.0. The summed E-state index contributed by atoms with van der Waals surface area (Å²) in [4.78, 5) is 18.1. The molecule has 2 heterocycles. The highest BCUT2D eigenvalue weighted by molar-refractivity contribution is 6.12. The molecule has 0 saturated heterocycles. The van der Waals surface area contributed by atoms with Crippen LogP contribution in [0.5, 0.6) is 0 Å². The minimum absolute atomic E-state index is 0.0339. The molecule has 3 aliphatic rings. The maximum atomic E-state index is 15.7. The van der Waals surface area contributed by atoms with E-state index in [1.165, 1.54) is 0 Å². The summed E-state index contributed by atoms with van der Waals surface area (Å²) < 4.78 is 15.7. The van der Waals surface area contributed by atoms with Crippen molar-refractivity contribution in [3.8, 4) is 6.07 Å². The first-order valence-electron chi connectivity index (χ1n) is 10.2. The van der Waals surface area contributed by atoms with E-state index >= 15 is 4.39 Å². The van der Waals surface area contributed by atoms with Crippen LogP contribution in [0.3, 0.4) is 0 Å². The van der Waals surface area contributed by atoms with Gasteiger partial charge in [0, 0.05) is 29.2 Å². The summed E-state index contributed by atoms with van der Waals surface area (Å²) in [6, 6.07) is 9.35. The smallest absolute Gasteiger partial charge is 0.162 e. The molecule has 0 bridgehead atoms. The summed E-state index contributed by atoms with van der Waals surface area (Å²) >= 11 is 0. The van der Waals surface area contributed by atoms with E-state index in [4.69, 9.17) is 0 Å². The van der Waals surface area contributed by atoms with Crippen molar-refractivity contribution in [2.75, 3.05) is 6.54 Å². The van der Waals surface area contributed by atoms with Gasteiger partial charge in [0.25, 0.3) is 0 Å². The molecule has 0 radical (unpaired) electrons. The van der Waals surface area contributed by atoms with E-state index in [0.717, 1.165) is 11.3 Å². The fraction of sp³-hybridized carbons (Fsp3) is 0.458. The van der Waals surface area contributed by atoms with Crippen LogP contribution in [0.15, 0.2) is 51.9 Å². The van der Waals surface area contributed by atoms with Gasteiger partial charge in [-0.05, 0) is 42.9 Å². The van der Waals surface area contributed by atoms with Gasteiger partial charge in [-0.25, -0.2) is 4.39 Å². The molecule has 4 rings (SSSR count). The van der Waals surface area contributed by atoms with E-state index in [1.807, 2.05) is 19.9 Å². The van der Waals surface area contributed by atoms with Crippen molar-refractivity contribution in [2.24, 2.45) is 16.3 Å². The summed E-state index contributed by atoms with van der Waals surface area (Å²) in [5, 5.41) is 12.7. The number of ketones is 1. The third kappa shape index (κ3) is 2.93. The fourth-order valence-corrected chi connectivity index (χ4v) is 5.03. The number of amidine groups is 1. The van der Waals surface area contributed by atoms with Gasteiger partial charge >= 0.3 is 0 Å². The topological polar surface area (TPSA) is 65.2 Å². The van der Waals surface area contributed by atoms with Crippen LogP contribution >= 0.6 is 0 Å². The second kappa shape index (κ2) is 6.66. The molecular formula is C24H26FN3O. The van der Waals surface area contributed by atoms with Crippen LogP contribution in [0.4, 0.5) is 4.39 Å². The summed E-state index contributed by atoms with van der Waals surface area (Å²) in [5.41, 5.74) is 2.02. The molecule has 0 aromatic heterocycles. The molecule has 1 aliphatic carbocycles. The number of benzene rings is 1. The van der Waals surface area contributed by atoms with Crippen LogP contribution < -0.4 is 5.32 Å². The predicted molar refractivity (Wildman–Crippen MR) is 111 cm³/mol. The van der Waals surface area contributed by atoms with Gasteiger partial charge < -0.3 is 5.32 Å². The Morgan fingerprint density at radius 3 is 2.72 bits per heavy atom. The lowest BCUT2D eigenvalue weighted by Gasteiger charge is -2.47. The highest BCUT2D eigenvalue weighted by atomic mass is 19.1.